The molecular formula is C36H31F2IN8O4. The standard InChI is InChI=1S/C18H15FN4O2.C11H11FIN3O2.C7H5N/c1-24-10-11-25-18-14(5-7-16-4-2-3-9-20-16)13-23(22-18)17-8-6-15(19)12-21-17;1-17-4-5-18-11-9(13)7-16(15-11)10-3-2-8(12)6-14-10;1-2-7-5-3-4-6-8-7/h2-4,6,8-9,12-13H,10-11H2,1H3;2-3,6-7H,4-5H2,1H3;1,3-6H. The number of rotatable bonds is 10. The number of ether oxygens (including phenoxy) is 4. The summed E-state index contributed by atoms with van der Waals surface area (Å²) in [5.74, 6) is 9.44. The van der Waals surface area contributed by atoms with Crippen molar-refractivity contribution in [2.75, 3.05) is 40.6 Å². The average molecular weight is 805 g/mol. The Balaban J connectivity index is 0.000000194. The molecule has 12 nitrogen and oxygen atoms in total. The van der Waals surface area contributed by atoms with Crippen LogP contribution in [0.2, 0.25) is 0 Å². The number of methoxy groups -OCH3 is 2. The molecule has 15 heteroatoms. The largest absolute Gasteiger partial charge is 0.473 e. The number of hydrogen-bond donors (Lipinski definition) is 0. The van der Waals surface area contributed by atoms with Crippen LogP contribution >= 0.6 is 22.6 Å². The van der Waals surface area contributed by atoms with Gasteiger partial charge in [0.2, 0.25) is 11.8 Å². The molecule has 0 aliphatic rings. The number of hydrogen-bond acceptors (Lipinski definition) is 10. The van der Waals surface area contributed by atoms with Crippen molar-refractivity contribution in [1.29, 1.82) is 0 Å². The zero-order chi connectivity index (χ0) is 36.3. The lowest BCUT2D eigenvalue weighted by Gasteiger charge is -2.02. The van der Waals surface area contributed by atoms with Gasteiger partial charge in [-0.05, 0) is 77.0 Å². The summed E-state index contributed by atoms with van der Waals surface area (Å²) >= 11 is 2.12. The van der Waals surface area contributed by atoms with E-state index in [2.05, 4.69) is 70.5 Å². The molecule has 0 unspecified atom stereocenters. The summed E-state index contributed by atoms with van der Waals surface area (Å²) in [6, 6.07) is 16.7. The van der Waals surface area contributed by atoms with Crippen molar-refractivity contribution in [2.45, 2.75) is 0 Å². The molecule has 0 fully saturated rings. The molecule has 6 aromatic rings. The second-order valence-electron chi connectivity index (χ2n) is 9.70. The maximum absolute atomic E-state index is 13.0. The van der Waals surface area contributed by atoms with Crippen molar-refractivity contribution in [2.24, 2.45) is 0 Å². The topological polar surface area (TPSA) is 124 Å². The van der Waals surface area contributed by atoms with Crippen LogP contribution in [0.5, 0.6) is 11.8 Å². The first-order chi connectivity index (χ1) is 24.9. The summed E-state index contributed by atoms with van der Waals surface area (Å²) in [5, 5.41) is 8.55. The van der Waals surface area contributed by atoms with Crippen molar-refractivity contribution in [3.63, 3.8) is 0 Å². The predicted molar refractivity (Wildman–Crippen MR) is 192 cm³/mol. The maximum atomic E-state index is 13.0. The lowest BCUT2D eigenvalue weighted by atomic mass is 10.3. The van der Waals surface area contributed by atoms with Gasteiger partial charge in [-0.2, -0.15) is 0 Å². The highest BCUT2D eigenvalue weighted by Crippen LogP contribution is 2.20. The second-order valence-corrected chi connectivity index (χ2v) is 10.9. The molecule has 0 spiro atoms. The van der Waals surface area contributed by atoms with Gasteiger partial charge < -0.3 is 18.9 Å². The summed E-state index contributed by atoms with van der Waals surface area (Å²) in [6.45, 7) is 1.69. The van der Waals surface area contributed by atoms with E-state index in [9.17, 15) is 8.78 Å². The summed E-state index contributed by atoms with van der Waals surface area (Å²) in [5.41, 5.74) is 1.90. The van der Waals surface area contributed by atoms with E-state index in [4.69, 9.17) is 25.4 Å². The van der Waals surface area contributed by atoms with Crippen LogP contribution in [-0.4, -0.2) is 80.1 Å². The van der Waals surface area contributed by atoms with E-state index in [1.807, 2.05) is 30.3 Å². The fraction of sp³-hybridized carbons (Fsp3) is 0.167. The SMILES string of the molecule is C#Cc1ccccn1.COCCOc1nn(-c2ccc(F)cn2)cc1C#Cc1ccccn1.COCCOc1nn(-c2ccc(F)cn2)cc1I. The molecule has 0 aliphatic heterocycles. The summed E-state index contributed by atoms with van der Waals surface area (Å²) in [7, 11) is 3.20. The van der Waals surface area contributed by atoms with E-state index in [-0.39, 0.29) is 5.82 Å². The third-order valence-corrected chi connectivity index (χ3v) is 6.81. The number of aromatic nitrogens is 8. The van der Waals surface area contributed by atoms with Crippen LogP contribution < -0.4 is 9.47 Å². The van der Waals surface area contributed by atoms with E-state index < -0.39 is 5.82 Å². The molecule has 0 aromatic carbocycles. The summed E-state index contributed by atoms with van der Waals surface area (Å²) in [4.78, 5) is 16.0. The van der Waals surface area contributed by atoms with Gasteiger partial charge in [0.1, 0.15) is 41.8 Å². The third kappa shape index (κ3) is 12.6. The molecule has 0 saturated carbocycles. The number of halogens is 3. The first-order valence-electron chi connectivity index (χ1n) is 15.0. The van der Waals surface area contributed by atoms with Gasteiger partial charge in [0.25, 0.3) is 0 Å². The maximum Gasteiger partial charge on any atom is 0.249 e. The summed E-state index contributed by atoms with van der Waals surface area (Å²) in [6.07, 6.45) is 14.1. The molecule has 6 rings (SSSR count). The first kappa shape index (κ1) is 38.1. The normalized spacial score (nSPS) is 9.96. The molecule has 0 atom stereocenters. The van der Waals surface area contributed by atoms with Crippen molar-refractivity contribution in [3.8, 4) is 47.6 Å². The van der Waals surface area contributed by atoms with Crippen molar-refractivity contribution >= 4 is 22.6 Å². The van der Waals surface area contributed by atoms with E-state index in [1.165, 1.54) is 22.9 Å². The molecule has 260 valence electrons. The molecule has 0 radical (unpaired) electrons. The van der Waals surface area contributed by atoms with Crippen LogP contribution in [0.15, 0.2) is 97.8 Å². The highest BCUT2D eigenvalue weighted by molar-refractivity contribution is 14.1. The number of pyridine rings is 4. The first-order valence-corrected chi connectivity index (χ1v) is 16.1. The Bertz CT molecular complexity index is 2030. The molecule has 6 heterocycles. The van der Waals surface area contributed by atoms with Crippen LogP contribution in [0.1, 0.15) is 17.0 Å². The lowest BCUT2D eigenvalue weighted by molar-refractivity contribution is 0.143. The van der Waals surface area contributed by atoms with Crippen LogP contribution in [-0.2, 0) is 9.47 Å². The molecule has 51 heavy (non-hydrogen) atoms. The monoisotopic (exact) mass is 804 g/mol. The van der Waals surface area contributed by atoms with Crippen LogP contribution in [0.3, 0.4) is 0 Å². The molecular weight excluding hydrogens is 773 g/mol. The Labute approximate surface area is 307 Å². The van der Waals surface area contributed by atoms with Crippen molar-refractivity contribution < 1.29 is 27.7 Å². The van der Waals surface area contributed by atoms with E-state index in [1.54, 1.807) is 55.8 Å². The van der Waals surface area contributed by atoms with Gasteiger partial charge >= 0.3 is 0 Å². The fourth-order valence-corrected chi connectivity index (χ4v) is 4.21. The predicted octanol–water partition coefficient (Wildman–Crippen LogP) is 5.33. The quantitative estimate of drug-likeness (QED) is 0.102. The Morgan fingerprint density at radius 2 is 1.22 bits per heavy atom. The third-order valence-electron chi connectivity index (χ3n) is 6.07. The van der Waals surface area contributed by atoms with Gasteiger partial charge in [0, 0.05) is 32.8 Å². The van der Waals surface area contributed by atoms with Crippen molar-refractivity contribution in [1.82, 2.24) is 39.5 Å². The minimum atomic E-state index is -0.414. The highest BCUT2D eigenvalue weighted by Gasteiger charge is 2.12. The molecule has 0 N–H and O–H groups in total. The van der Waals surface area contributed by atoms with Crippen molar-refractivity contribution in [3.05, 3.63) is 130 Å². The van der Waals surface area contributed by atoms with Crippen LogP contribution in [0, 0.1) is 39.4 Å². The van der Waals surface area contributed by atoms with Crippen LogP contribution in [0.4, 0.5) is 8.78 Å². The molecule has 0 bridgehead atoms. The molecule has 0 amide bonds. The van der Waals surface area contributed by atoms with E-state index in [0.717, 1.165) is 16.0 Å². The van der Waals surface area contributed by atoms with Crippen LogP contribution in [0.25, 0.3) is 11.6 Å². The summed E-state index contributed by atoms with van der Waals surface area (Å²) < 4.78 is 50.6. The second kappa shape index (κ2) is 20.7. The van der Waals surface area contributed by atoms with Gasteiger partial charge in [-0.3, -0.25) is 0 Å². The highest BCUT2D eigenvalue weighted by atomic mass is 127. The molecule has 0 saturated heterocycles. The Morgan fingerprint density at radius 3 is 1.71 bits per heavy atom. The van der Waals surface area contributed by atoms with Gasteiger partial charge in [-0.1, -0.05) is 24.0 Å². The van der Waals surface area contributed by atoms with Gasteiger partial charge in [0.05, 0.1) is 35.4 Å². The minimum Gasteiger partial charge on any atom is -0.473 e. The minimum absolute atomic E-state index is 0.336. The van der Waals surface area contributed by atoms with Gasteiger partial charge in [-0.15, -0.1) is 16.6 Å². The number of nitrogens with zero attached hydrogens (tertiary/aromatic N) is 8. The fourth-order valence-electron chi connectivity index (χ4n) is 3.69. The zero-order valence-corrected chi connectivity index (χ0v) is 29.6. The van der Waals surface area contributed by atoms with E-state index >= 15 is 0 Å². The lowest BCUT2D eigenvalue weighted by Crippen LogP contribution is -2.06. The molecule has 0 aliphatic carbocycles. The molecule has 6 aromatic heterocycles. The smallest absolute Gasteiger partial charge is 0.249 e. The van der Waals surface area contributed by atoms with Gasteiger partial charge in [0.15, 0.2) is 11.6 Å². The number of terminal acetylenes is 1. The van der Waals surface area contributed by atoms with Gasteiger partial charge in [-0.25, -0.2) is 38.1 Å². The average Bonchev–Trinajstić information content (AvgIpc) is 3.75. The Hall–Kier alpha value is -5.75. The zero-order valence-electron chi connectivity index (χ0n) is 27.5. The van der Waals surface area contributed by atoms with E-state index in [0.29, 0.717) is 66.8 Å². The Kier molecular flexibility index (Phi) is 15.4. The Morgan fingerprint density at radius 1 is 0.667 bits per heavy atom.